The van der Waals surface area contributed by atoms with Gasteiger partial charge in [-0.05, 0) is 37.9 Å². The topological polar surface area (TPSA) is 95.7 Å². The van der Waals surface area contributed by atoms with E-state index in [1.807, 2.05) is 4.90 Å². The first kappa shape index (κ1) is 15.4. The average Bonchev–Trinajstić information content (AvgIpc) is 2.40. The van der Waals surface area contributed by atoms with Gasteiger partial charge in [0, 0.05) is 24.4 Å². The number of amides is 1. The van der Waals surface area contributed by atoms with Crippen molar-refractivity contribution < 1.29 is 14.8 Å². The van der Waals surface area contributed by atoms with Crippen LogP contribution < -0.4 is 5.32 Å². The highest BCUT2D eigenvalue weighted by Crippen LogP contribution is 2.21. The fourth-order valence-corrected chi connectivity index (χ4v) is 2.47. The number of nitrogens with one attached hydrogen (secondary N) is 1. The van der Waals surface area contributed by atoms with Gasteiger partial charge >= 0.3 is 0 Å². The van der Waals surface area contributed by atoms with Gasteiger partial charge < -0.3 is 10.4 Å². The van der Waals surface area contributed by atoms with E-state index in [-0.39, 0.29) is 24.2 Å². The maximum absolute atomic E-state index is 12.0. The largest absolute Gasteiger partial charge is 0.392 e. The molecule has 1 heterocycles. The lowest BCUT2D eigenvalue weighted by Crippen LogP contribution is -2.42. The number of aliphatic hydroxyl groups is 1. The normalized spacial score (nSPS) is 19.2. The van der Waals surface area contributed by atoms with E-state index in [1.54, 1.807) is 6.92 Å². The quantitative estimate of drug-likeness (QED) is 0.644. The summed E-state index contributed by atoms with van der Waals surface area (Å²) in [5, 5.41) is 23.0. The molecule has 1 fully saturated rings. The summed E-state index contributed by atoms with van der Waals surface area (Å²) in [6.45, 7) is 3.23. The monoisotopic (exact) mass is 293 g/mol. The number of aliphatic hydroxyl groups excluding tert-OH is 1. The molecular weight excluding hydrogens is 274 g/mol. The van der Waals surface area contributed by atoms with Crippen LogP contribution in [0.5, 0.6) is 0 Å². The van der Waals surface area contributed by atoms with Crippen molar-refractivity contribution in [2.24, 2.45) is 0 Å². The van der Waals surface area contributed by atoms with E-state index in [1.165, 1.54) is 18.2 Å². The Kier molecular flexibility index (Phi) is 4.87. The van der Waals surface area contributed by atoms with Crippen molar-refractivity contribution in [1.29, 1.82) is 0 Å². The second kappa shape index (κ2) is 6.64. The minimum Gasteiger partial charge on any atom is -0.392 e. The van der Waals surface area contributed by atoms with Crippen molar-refractivity contribution in [2.45, 2.75) is 25.9 Å². The Morgan fingerprint density at radius 2 is 2.33 bits per heavy atom. The third-order valence-corrected chi connectivity index (χ3v) is 3.54. The molecule has 1 aliphatic rings. The summed E-state index contributed by atoms with van der Waals surface area (Å²) in [5.74, 6) is -0.180. The van der Waals surface area contributed by atoms with Crippen LogP contribution in [0.2, 0.25) is 0 Å². The third kappa shape index (κ3) is 4.24. The van der Waals surface area contributed by atoms with Gasteiger partial charge in [0.2, 0.25) is 5.91 Å². The number of hydrogen-bond donors (Lipinski definition) is 2. The van der Waals surface area contributed by atoms with E-state index in [0.29, 0.717) is 17.8 Å². The highest BCUT2D eigenvalue weighted by molar-refractivity contribution is 5.93. The predicted octanol–water partition coefficient (Wildman–Crippen LogP) is 1.30. The summed E-state index contributed by atoms with van der Waals surface area (Å²) < 4.78 is 0. The first-order valence-electron chi connectivity index (χ1n) is 6.91. The molecule has 1 aromatic rings. The molecule has 0 spiro atoms. The molecule has 2 rings (SSSR count). The molecule has 7 nitrogen and oxygen atoms in total. The molecule has 1 unspecified atom stereocenters. The van der Waals surface area contributed by atoms with Gasteiger partial charge in [0.05, 0.1) is 17.6 Å². The minimum atomic E-state index is -0.465. The standard InChI is InChI=1S/C14H19N3O4/c1-10-7-11(17(20)21)4-5-13(10)15-14(19)9-16-6-2-3-12(18)8-16/h4-5,7,12,18H,2-3,6,8-9H2,1H3,(H,15,19). The van der Waals surface area contributed by atoms with Crippen LogP contribution in [0.3, 0.4) is 0 Å². The molecule has 1 aromatic carbocycles. The number of carbonyl (C=O) groups is 1. The van der Waals surface area contributed by atoms with Gasteiger partial charge in [0.25, 0.3) is 5.69 Å². The Hall–Kier alpha value is -1.99. The van der Waals surface area contributed by atoms with E-state index >= 15 is 0 Å². The predicted molar refractivity (Wildman–Crippen MR) is 78.1 cm³/mol. The van der Waals surface area contributed by atoms with Crippen LogP contribution in [0.4, 0.5) is 11.4 Å². The Morgan fingerprint density at radius 3 is 2.95 bits per heavy atom. The molecule has 21 heavy (non-hydrogen) atoms. The third-order valence-electron chi connectivity index (χ3n) is 3.54. The fourth-order valence-electron chi connectivity index (χ4n) is 2.47. The van der Waals surface area contributed by atoms with Crippen LogP contribution in [0.25, 0.3) is 0 Å². The van der Waals surface area contributed by atoms with E-state index < -0.39 is 4.92 Å². The van der Waals surface area contributed by atoms with Crippen molar-refractivity contribution in [3.63, 3.8) is 0 Å². The van der Waals surface area contributed by atoms with Crippen LogP contribution in [-0.2, 0) is 4.79 Å². The number of β-amino-alcohol motifs (C(OH)–C–C–N with tert-alkyl or cyclic N) is 1. The van der Waals surface area contributed by atoms with Gasteiger partial charge in [-0.15, -0.1) is 0 Å². The zero-order valence-corrected chi connectivity index (χ0v) is 11.9. The van der Waals surface area contributed by atoms with Gasteiger partial charge in [0.1, 0.15) is 0 Å². The second-order valence-corrected chi connectivity index (χ2v) is 5.34. The maximum Gasteiger partial charge on any atom is 0.269 e. The zero-order valence-electron chi connectivity index (χ0n) is 11.9. The van der Waals surface area contributed by atoms with Crippen LogP contribution >= 0.6 is 0 Å². The summed E-state index contributed by atoms with van der Waals surface area (Å²) in [7, 11) is 0. The number of hydrogen-bond acceptors (Lipinski definition) is 5. The number of non-ortho nitro benzene ring substituents is 1. The Balaban J connectivity index is 1.94. The molecular formula is C14H19N3O4. The molecule has 1 amide bonds. The molecule has 0 bridgehead atoms. The molecule has 1 atom stereocenters. The number of benzene rings is 1. The Labute approximate surface area is 122 Å². The van der Waals surface area contributed by atoms with Gasteiger partial charge in [0.15, 0.2) is 0 Å². The Morgan fingerprint density at radius 1 is 1.57 bits per heavy atom. The highest BCUT2D eigenvalue weighted by atomic mass is 16.6. The molecule has 0 radical (unpaired) electrons. The van der Waals surface area contributed by atoms with Crippen molar-refractivity contribution in [2.75, 3.05) is 25.0 Å². The van der Waals surface area contributed by atoms with E-state index in [2.05, 4.69) is 5.32 Å². The molecule has 0 aliphatic carbocycles. The van der Waals surface area contributed by atoms with E-state index in [0.717, 1.165) is 19.4 Å². The molecule has 0 saturated carbocycles. The van der Waals surface area contributed by atoms with Crippen LogP contribution in [0.1, 0.15) is 18.4 Å². The van der Waals surface area contributed by atoms with E-state index in [4.69, 9.17) is 0 Å². The second-order valence-electron chi connectivity index (χ2n) is 5.34. The summed E-state index contributed by atoms with van der Waals surface area (Å²) in [6, 6.07) is 4.34. The molecule has 1 saturated heterocycles. The molecule has 2 N–H and O–H groups in total. The van der Waals surface area contributed by atoms with Gasteiger partial charge in [-0.2, -0.15) is 0 Å². The van der Waals surface area contributed by atoms with Gasteiger partial charge in [-0.25, -0.2) is 0 Å². The number of aryl methyl sites for hydroxylation is 1. The van der Waals surface area contributed by atoms with Gasteiger partial charge in [-0.1, -0.05) is 0 Å². The Bertz CT molecular complexity index is 547. The van der Waals surface area contributed by atoms with Gasteiger partial charge in [-0.3, -0.25) is 19.8 Å². The number of piperidine rings is 1. The number of nitro benzene ring substituents is 1. The van der Waals surface area contributed by atoms with Crippen LogP contribution in [0, 0.1) is 17.0 Å². The summed E-state index contributed by atoms with van der Waals surface area (Å²) in [6.07, 6.45) is 1.29. The maximum atomic E-state index is 12.0. The first-order valence-corrected chi connectivity index (χ1v) is 6.91. The van der Waals surface area contributed by atoms with Crippen molar-refractivity contribution in [3.05, 3.63) is 33.9 Å². The van der Waals surface area contributed by atoms with Crippen molar-refractivity contribution >= 4 is 17.3 Å². The molecule has 114 valence electrons. The molecule has 0 aromatic heterocycles. The number of rotatable bonds is 4. The smallest absolute Gasteiger partial charge is 0.269 e. The minimum absolute atomic E-state index is 0.00431. The lowest BCUT2D eigenvalue weighted by molar-refractivity contribution is -0.384. The summed E-state index contributed by atoms with van der Waals surface area (Å²) in [5.41, 5.74) is 1.23. The number of carbonyl (C=O) groups excluding carboxylic acids is 1. The number of nitro groups is 1. The summed E-state index contributed by atoms with van der Waals surface area (Å²) >= 11 is 0. The van der Waals surface area contributed by atoms with Crippen molar-refractivity contribution in [1.82, 2.24) is 4.90 Å². The first-order chi connectivity index (χ1) is 9.95. The molecule has 1 aliphatic heterocycles. The number of likely N-dealkylation sites (tertiary alicyclic amines) is 1. The number of nitrogens with zero attached hydrogens (tertiary/aromatic N) is 2. The zero-order chi connectivity index (χ0) is 15.4. The van der Waals surface area contributed by atoms with Crippen LogP contribution in [0.15, 0.2) is 18.2 Å². The SMILES string of the molecule is Cc1cc([N+](=O)[O-])ccc1NC(=O)CN1CCCC(O)C1. The lowest BCUT2D eigenvalue weighted by Gasteiger charge is -2.29. The molecule has 7 heteroatoms. The van der Waals surface area contributed by atoms with Crippen molar-refractivity contribution in [3.8, 4) is 0 Å². The lowest BCUT2D eigenvalue weighted by atomic mass is 10.1. The van der Waals surface area contributed by atoms with E-state index in [9.17, 15) is 20.0 Å². The summed E-state index contributed by atoms with van der Waals surface area (Å²) in [4.78, 5) is 24.1. The van der Waals surface area contributed by atoms with Crippen LogP contribution in [-0.4, -0.2) is 46.6 Å². The average molecular weight is 293 g/mol. The highest BCUT2D eigenvalue weighted by Gasteiger charge is 2.20. The fraction of sp³-hybridized carbons (Fsp3) is 0.500. The number of anilines is 1.